The predicted octanol–water partition coefficient (Wildman–Crippen LogP) is 0.990. The van der Waals surface area contributed by atoms with Crippen molar-refractivity contribution in [2.24, 2.45) is 0 Å². The van der Waals surface area contributed by atoms with Crippen molar-refractivity contribution in [2.75, 3.05) is 31.3 Å². The number of nitrogens with one attached hydrogen (secondary N) is 1. The quantitative estimate of drug-likeness (QED) is 0.628. The molecule has 1 aromatic carbocycles. The summed E-state index contributed by atoms with van der Waals surface area (Å²) in [4.78, 5) is 0. The number of nitrogens with two attached hydrogens (primary N) is 1. The van der Waals surface area contributed by atoms with Crippen LogP contribution in [0, 0.1) is 6.92 Å². The molecule has 14 heavy (non-hydrogen) atoms. The molecule has 0 heterocycles. The van der Waals surface area contributed by atoms with E-state index in [0.29, 0.717) is 18.0 Å². The summed E-state index contributed by atoms with van der Waals surface area (Å²) in [7, 11) is 1.59. The first kappa shape index (κ1) is 10.7. The SMILES string of the molecule is COc1cc(C)c(NCCO)cc1N. The Bertz CT molecular complexity index is 313. The molecular formula is C10H16N2O2. The molecule has 0 fully saturated rings. The number of aliphatic hydroxyl groups excluding tert-OH is 1. The van der Waals surface area contributed by atoms with Gasteiger partial charge in [-0.3, -0.25) is 0 Å². The average molecular weight is 196 g/mol. The van der Waals surface area contributed by atoms with Gasteiger partial charge in [0.15, 0.2) is 0 Å². The molecule has 4 nitrogen and oxygen atoms in total. The first-order valence-electron chi connectivity index (χ1n) is 4.48. The molecule has 0 spiro atoms. The van der Waals surface area contributed by atoms with E-state index in [1.807, 2.05) is 19.1 Å². The van der Waals surface area contributed by atoms with Gasteiger partial charge in [0.1, 0.15) is 5.75 Å². The minimum atomic E-state index is 0.103. The number of benzene rings is 1. The number of aliphatic hydroxyl groups is 1. The van der Waals surface area contributed by atoms with Gasteiger partial charge >= 0.3 is 0 Å². The number of rotatable bonds is 4. The fourth-order valence-electron chi connectivity index (χ4n) is 1.26. The van der Waals surface area contributed by atoms with E-state index in [1.165, 1.54) is 0 Å². The largest absolute Gasteiger partial charge is 0.495 e. The molecule has 0 aliphatic heterocycles. The standard InChI is InChI=1S/C10H16N2O2/c1-7-5-10(14-2)8(11)6-9(7)12-3-4-13/h5-6,12-13H,3-4,11H2,1-2H3. The molecule has 0 aliphatic carbocycles. The van der Waals surface area contributed by atoms with Gasteiger partial charge in [0.25, 0.3) is 0 Å². The Hall–Kier alpha value is -1.42. The van der Waals surface area contributed by atoms with Crippen molar-refractivity contribution in [2.45, 2.75) is 6.92 Å². The number of ether oxygens (including phenoxy) is 1. The Balaban J connectivity index is 2.90. The summed E-state index contributed by atoms with van der Waals surface area (Å²) in [5, 5.41) is 11.7. The van der Waals surface area contributed by atoms with Crippen LogP contribution in [0.2, 0.25) is 0 Å². The molecular weight excluding hydrogens is 180 g/mol. The zero-order valence-electron chi connectivity index (χ0n) is 8.50. The number of methoxy groups -OCH3 is 1. The molecule has 1 aromatic rings. The molecule has 0 aromatic heterocycles. The maximum atomic E-state index is 8.67. The van der Waals surface area contributed by atoms with Gasteiger partial charge in [0.05, 0.1) is 19.4 Å². The lowest BCUT2D eigenvalue weighted by molar-refractivity contribution is 0.311. The summed E-state index contributed by atoms with van der Waals surface area (Å²) < 4.78 is 5.08. The monoisotopic (exact) mass is 196 g/mol. The molecule has 0 unspecified atom stereocenters. The van der Waals surface area contributed by atoms with Gasteiger partial charge in [-0.2, -0.15) is 0 Å². The molecule has 0 bridgehead atoms. The molecule has 0 saturated heterocycles. The number of hydrogen-bond acceptors (Lipinski definition) is 4. The highest BCUT2D eigenvalue weighted by Crippen LogP contribution is 2.28. The number of nitrogen functional groups attached to an aromatic ring is 1. The Morgan fingerprint density at radius 3 is 2.79 bits per heavy atom. The third-order valence-corrected chi connectivity index (χ3v) is 2.00. The van der Waals surface area contributed by atoms with Crippen LogP contribution in [0.1, 0.15) is 5.56 Å². The van der Waals surface area contributed by atoms with Crippen molar-refractivity contribution in [1.29, 1.82) is 0 Å². The van der Waals surface area contributed by atoms with Crippen molar-refractivity contribution in [1.82, 2.24) is 0 Å². The number of anilines is 2. The second-order valence-corrected chi connectivity index (χ2v) is 3.06. The van der Waals surface area contributed by atoms with Crippen LogP contribution in [0.3, 0.4) is 0 Å². The molecule has 1 rings (SSSR count). The normalized spacial score (nSPS) is 9.93. The van der Waals surface area contributed by atoms with Crippen LogP contribution in [-0.2, 0) is 0 Å². The van der Waals surface area contributed by atoms with Crippen molar-refractivity contribution >= 4 is 11.4 Å². The van der Waals surface area contributed by atoms with E-state index in [1.54, 1.807) is 7.11 Å². The van der Waals surface area contributed by atoms with Crippen molar-refractivity contribution < 1.29 is 9.84 Å². The Kier molecular flexibility index (Phi) is 3.59. The van der Waals surface area contributed by atoms with E-state index >= 15 is 0 Å². The smallest absolute Gasteiger partial charge is 0.142 e. The maximum Gasteiger partial charge on any atom is 0.142 e. The van der Waals surface area contributed by atoms with Gasteiger partial charge in [-0.25, -0.2) is 0 Å². The van der Waals surface area contributed by atoms with E-state index < -0.39 is 0 Å². The number of aryl methyl sites for hydroxylation is 1. The highest BCUT2D eigenvalue weighted by molar-refractivity contribution is 5.66. The van der Waals surface area contributed by atoms with Gasteiger partial charge in [0.2, 0.25) is 0 Å². The van der Waals surface area contributed by atoms with Crippen LogP contribution in [0.25, 0.3) is 0 Å². The van der Waals surface area contributed by atoms with Crippen LogP contribution >= 0.6 is 0 Å². The maximum absolute atomic E-state index is 8.67. The van der Waals surface area contributed by atoms with Gasteiger partial charge < -0.3 is 20.9 Å². The molecule has 0 saturated carbocycles. The van der Waals surface area contributed by atoms with Crippen LogP contribution in [0.15, 0.2) is 12.1 Å². The van der Waals surface area contributed by atoms with E-state index in [9.17, 15) is 0 Å². The fourth-order valence-corrected chi connectivity index (χ4v) is 1.26. The summed E-state index contributed by atoms with van der Waals surface area (Å²) in [6.07, 6.45) is 0. The van der Waals surface area contributed by atoms with Crippen molar-refractivity contribution in [3.05, 3.63) is 17.7 Å². The lowest BCUT2D eigenvalue weighted by atomic mass is 10.1. The molecule has 4 N–H and O–H groups in total. The average Bonchev–Trinajstić information content (AvgIpc) is 2.18. The molecule has 4 heteroatoms. The first-order chi connectivity index (χ1) is 6.69. The van der Waals surface area contributed by atoms with Gasteiger partial charge in [-0.05, 0) is 24.6 Å². The lowest BCUT2D eigenvalue weighted by Gasteiger charge is -2.12. The summed E-state index contributed by atoms with van der Waals surface area (Å²) in [5.41, 5.74) is 8.31. The third-order valence-electron chi connectivity index (χ3n) is 2.00. The summed E-state index contributed by atoms with van der Waals surface area (Å²) in [6.45, 7) is 2.58. The summed E-state index contributed by atoms with van der Waals surface area (Å²) >= 11 is 0. The van der Waals surface area contributed by atoms with Crippen LogP contribution < -0.4 is 15.8 Å². The van der Waals surface area contributed by atoms with Crippen LogP contribution in [-0.4, -0.2) is 25.4 Å². The lowest BCUT2D eigenvalue weighted by Crippen LogP contribution is -2.07. The summed E-state index contributed by atoms with van der Waals surface area (Å²) in [5.74, 6) is 0.678. The topological polar surface area (TPSA) is 67.5 Å². The minimum Gasteiger partial charge on any atom is -0.495 e. The fraction of sp³-hybridized carbons (Fsp3) is 0.400. The first-order valence-corrected chi connectivity index (χ1v) is 4.48. The molecule has 0 radical (unpaired) electrons. The predicted molar refractivity (Wildman–Crippen MR) is 57.7 cm³/mol. The van der Waals surface area contributed by atoms with Gasteiger partial charge in [-0.1, -0.05) is 0 Å². The molecule has 0 aliphatic rings. The second-order valence-electron chi connectivity index (χ2n) is 3.06. The van der Waals surface area contributed by atoms with Crippen LogP contribution in [0.4, 0.5) is 11.4 Å². The zero-order valence-corrected chi connectivity index (χ0v) is 8.50. The Morgan fingerprint density at radius 2 is 2.21 bits per heavy atom. The van der Waals surface area contributed by atoms with E-state index in [-0.39, 0.29) is 6.61 Å². The Labute approximate surface area is 83.7 Å². The van der Waals surface area contributed by atoms with Crippen molar-refractivity contribution in [3.63, 3.8) is 0 Å². The van der Waals surface area contributed by atoms with E-state index in [2.05, 4.69) is 5.32 Å². The summed E-state index contributed by atoms with van der Waals surface area (Å²) in [6, 6.07) is 3.68. The van der Waals surface area contributed by atoms with Crippen molar-refractivity contribution in [3.8, 4) is 5.75 Å². The van der Waals surface area contributed by atoms with Gasteiger partial charge in [-0.15, -0.1) is 0 Å². The highest BCUT2D eigenvalue weighted by Gasteiger charge is 2.04. The van der Waals surface area contributed by atoms with E-state index in [0.717, 1.165) is 11.3 Å². The molecule has 0 atom stereocenters. The second kappa shape index (κ2) is 4.72. The van der Waals surface area contributed by atoms with E-state index in [4.69, 9.17) is 15.6 Å². The minimum absolute atomic E-state index is 0.103. The van der Waals surface area contributed by atoms with Crippen LogP contribution in [0.5, 0.6) is 5.75 Å². The zero-order chi connectivity index (χ0) is 10.6. The molecule has 78 valence electrons. The highest BCUT2D eigenvalue weighted by atomic mass is 16.5. The molecule has 0 amide bonds. The Morgan fingerprint density at radius 1 is 1.50 bits per heavy atom. The number of hydrogen-bond donors (Lipinski definition) is 3. The van der Waals surface area contributed by atoms with Gasteiger partial charge in [0, 0.05) is 12.2 Å². The third kappa shape index (κ3) is 2.29.